The van der Waals surface area contributed by atoms with Gasteiger partial charge in [0.15, 0.2) is 0 Å². The summed E-state index contributed by atoms with van der Waals surface area (Å²) in [5.74, 6) is 0. The van der Waals surface area contributed by atoms with Crippen LogP contribution in [0.15, 0.2) is 126 Å². The Morgan fingerprint density at radius 3 is 1.74 bits per heavy atom. The van der Waals surface area contributed by atoms with Crippen molar-refractivity contribution in [3.8, 4) is 39.1 Å². The summed E-state index contributed by atoms with van der Waals surface area (Å²) >= 11 is 0. The number of benzene rings is 8. The van der Waals surface area contributed by atoms with Crippen LogP contribution in [-0.2, 0) is 37.9 Å². The third-order valence-electron chi connectivity index (χ3n) is 21.6. The number of fused-ring (bicyclic) bond motifs is 21. The van der Waals surface area contributed by atoms with Crippen molar-refractivity contribution in [3.05, 3.63) is 171 Å². The van der Waals surface area contributed by atoms with Gasteiger partial charge in [-0.3, -0.25) is 0 Å². The molecule has 10 aromatic rings. The summed E-state index contributed by atoms with van der Waals surface area (Å²) in [6.45, 7) is 36.9. The Labute approximate surface area is 462 Å². The van der Waals surface area contributed by atoms with Gasteiger partial charge < -0.3 is 13.8 Å². The molecule has 6 aliphatic rings. The van der Waals surface area contributed by atoms with Crippen LogP contribution in [0, 0.1) is 0 Å². The molecule has 0 fully saturated rings. The minimum Gasteiger partial charge on any atom is -0.456 e. The first-order chi connectivity index (χ1) is 36.8. The molecule has 16 rings (SSSR count). The van der Waals surface area contributed by atoms with E-state index < -0.39 is 0 Å². The quantitative estimate of drug-likeness (QED) is 0.153. The highest BCUT2D eigenvalue weighted by Crippen LogP contribution is 2.63. The van der Waals surface area contributed by atoms with Crippen molar-refractivity contribution in [1.29, 1.82) is 0 Å². The second kappa shape index (κ2) is 14.3. The maximum absolute atomic E-state index is 6.95. The zero-order chi connectivity index (χ0) is 54.1. The normalized spacial score (nSPS) is 19.6. The summed E-state index contributed by atoms with van der Waals surface area (Å²) in [7, 11) is 0. The number of hydrogen-bond acceptors (Lipinski definition) is 2. The SMILES string of the molecule is CC(C)(C)c1ccc(N2B3c4cc5c(cc4-n4c6cc7c(cc6c6c8c(c(c3c64)-c3cc4c(cc32)-c2cc3c(cc2C4(C)C)C(C)(C)CCC3(C)C)C(C)(C)c2ccccc2-8)C(C)(C)CCC7(C)C)oc2ccccc25)cc1. The van der Waals surface area contributed by atoms with Crippen LogP contribution in [-0.4, -0.2) is 11.4 Å². The van der Waals surface area contributed by atoms with Crippen LogP contribution in [0.3, 0.4) is 0 Å². The molecule has 4 aliphatic carbocycles. The van der Waals surface area contributed by atoms with E-state index in [1.807, 2.05) is 0 Å². The van der Waals surface area contributed by atoms with E-state index in [4.69, 9.17) is 4.42 Å². The minimum atomic E-state index is -0.299. The molecule has 0 unspecified atom stereocenters. The van der Waals surface area contributed by atoms with Crippen molar-refractivity contribution in [1.82, 2.24) is 4.57 Å². The van der Waals surface area contributed by atoms with Gasteiger partial charge in [-0.1, -0.05) is 171 Å². The van der Waals surface area contributed by atoms with Gasteiger partial charge in [0.25, 0.3) is 0 Å². The molecule has 0 N–H and O–H groups in total. The van der Waals surface area contributed by atoms with Gasteiger partial charge >= 0.3 is 6.85 Å². The number of anilines is 2. The number of hydrogen-bond donors (Lipinski definition) is 0. The lowest BCUT2D eigenvalue weighted by Crippen LogP contribution is -2.61. The third-order valence-corrected chi connectivity index (χ3v) is 21.6. The summed E-state index contributed by atoms with van der Waals surface area (Å²) < 4.78 is 9.69. The van der Waals surface area contributed by atoms with Crippen molar-refractivity contribution in [2.45, 2.75) is 167 Å². The minimum absolute atomic E-state index is 0.00442. The highest BCUT2D eigenvalue weighted by Gasteiger charge is 2.52. The summed E-state index contributed by atoms with van der Waals surface area (Å²) in [6.07, 6.45) is 4.71. The third kappa shape index (κ3) is 5.73. The van der Waals surface area contributed by atoms with Crippen LogP contribution in [0.2, 0.25) is 0 Å². The first-order valence-corrected chi connectivity index (χ1v) is 29.4. The summed E-state index contributed by atoms with van der Waals surface area (Å²) in [6, 6.07) is 48.8. The van der Waals surface area contributed by atoms with E-state index in [-0.39, 0.29) is 44.8 Å². The molecule has 0 atom stereocenters. The molecule has 78 heavy (non-hydrogen) atoms. The Morgan fingerprint density at radius 1 is 0.462 bits per heavy atom. The first kappa shape index (κ1) is 47.2. The van der Waals surface area contributed by atoms with Crippen LogP contribution in [0.1, 0.15) is 180 Å². The van der Waals surface area contributed by atoms with E-state index in [1.54, 1.807) is 0 Å². The van der Waals surface area contributed by atoms with Gasteiger partial charge in [-0.05, 0) is 190 Å². The standard InChI is InChI=1S/C74H73BN2O/c1-68(2,3)40-24-26-41(27-25-40)77-58-36-45-44-32-52-54(71(8,9)30-28-69(52,4)5)37-51(44)73(12,13)50(45)33-48(58)64-65-62(43-21-16-18-22-49(43)74(65,14)15)63-47-34-53-55(72(10,11)31-29-70(53,6)7)38-57(47)76-59-39-61-46(42-20-17-19-23-60(42)78-61)35-56(59)75(77)66(64)67(63)76/h16-27,32-39H,28-31H2,1-15H3. The fraction of sp³-hybridized carbons (Fsp3) is 0.351. The second-order valence-corrected chi connectivity index (χ2v) is 29.8. The molecule has 388 valence electrons. The lowest BCUT2D eigenvalue weighted by Gasteiger charge is -2.44. The molecule has 0 saturated carbocycles. The number of rotatable bonds is 1. The van der Waals surface area contributed by atoms with E-state index in [0.29, 0.717) is 0 Å². The van der Waals surface area contributed by atoms with Crippen molar-refractivity contribution in [2.24, 2.45) is 0 Å². The van der Waals surface area contributed by atoms with E-state index in [2.05, 4.69) is 235 Å². The van der Waals surface area contributed by atoms with Gasteiger partial charge in [0, 0.05) is 61.1 Å². The molecule has 0 bridgehead atoms. The molecule has 0 amide bonds. The summed E-state index contributed by atoms with van der Waals surface area (Å²) in [4.78, 5) is 2.80. The Kier molecular flexibility index (Phi) is 8.68. The van der Waals surface area contributed by atoms with E-state index >= 15 is 0 Å². The molecule has 2 aliphatic heterocycles. The van der Waals surface area contributed by atoms with Crippen molar-refractivity contribution < 1.29 is 4.42 Å². The van der Waals surface area contributed by atoms with E-state index in [1.165, 1.54) is 151 Å². The number of aromatic nitrogens is 1. The monoisotopic (exact) mass is 1020 g/mol. The lowest BCUT2D eigenvalue weighted by molar-refractivity contribution is 0.331. The zero-order valence-electron chi connectivity index (χ0n) is 48.8. The number of furan rings is 1. The molecule has 0 saturated heterocycles. The average molecular weight is 1020 g/mol. The zero-order valence-corrected chi connectivity index (χ0v) is 48.8. The molecule has 3 nitrogen and oxygen atoms in total. The van der Waals surface area contributed by atoms with E-state index in [9.17, 15) is 0 Å². The second-order valence-electron chi connectivity index (χ2n) is 29.8. The number of para-hydroxylation sites is 1. The maximum Gasteiger partial charge on any atom is 0.333 e. The Balaban J connectivity index is 1.13. The molecule has 8 aromatic carbocycles. The van der Waals surface area contributed by atoms with Gasteiger partial charge in [0.05, 0.1) is 11.0 Å². The maximum atomic E-state index is 6.95. The predicted octanol–water partition coefficient (Wildman–Crippen LogP) is 18.5. The Morgan fingerprint density at radius 2 is 1.05 bits per heavy atom. The van der Waals surface area contributed by atoms with Crippen molar-refractivity contribution in [2.75, 3.05) is 4.81 Å². The fourth-order valence-corrected chi connectivity index (χ4v) is 16.8. The topological polar surface area (TPSA) is 21.3 Å². The molecule has 4 heterocycles. The largest absolute Gasteiger partial charge is 0.456 e. The first-order valence-electron chi connectivity index (χ1n) is 29.4. The van der Waals surface area contributed by atoms with Gasteiger partial charge in [-0.15, -0.1) is 0 Å². The van der Waals surface area contributed by atoms with Gasteiger partial charge in [0.2, 0.25) is 0 Å². The van der Waals surface area contributed by atoms with Gasteiger partial charge in [0.1, 0.15) is 11.2 Å². The van der Waals surface area contributed by atoms with Crippen LogP contribution >= 0.6 is 0 Å². The van der Waals surface area contributed by atoms with Gasteiger partial charge in [-0.2, -0.15) is 0 Å². The van der Waals surface area contributed by atoms with E-state index in [0.717, 1.165) is 29.4 Å². The average Bonchev–Trinajstić information content (AvgIpc) is 3.36. The molecule has 2 aromatic heterocycles. The highest BCUT2D eigenvalue weighted by molar-refractivity contribution is 6.94. The fourth-order valence-electron chi connectivity index (χ4n) is 16.8. The summed E-state index contributed by atoms with van der Waals surface area (Å²) in [5, 5.41) is 5.10. The smallest absolute Gasteiger partial charge is 0.333 e. The molecule has 0 spiro atoms. The molecule has 4 heteroatoms. The van der Waals surface area contributed by atoms with Crippen LogP contribution in [0.25, 0.3) is 82.8 Å². The highest BCUT2D eigenvalue weighted by atomic mass is 16.3. The molecular formula is C74H73BN2O. The Bertz CT molecular complexity index is 4420. The van der Waals surface area contributed by atoms with Gasteiger partial charge in [-0.25, -0.2) is 0 Å². The molecular weight excluding hydrogens is 944 g/mol. The molecule has 0 radical (unpaired) electrons. The lowest BCUT2D eigenvalue weighted by atomic mass is 9.43. The van der Waals surface area contributed by atoms with Crippen molar-refractivity contribution in [3.63, 3.8) is 0 Å². The Hall–Kier alpha value is -6.78. The predicted molar refractivity (Wildman–Crippen MR) is 331 cm³/mol. The number of nitrogens with zero attached hydrogens (tertiary/aromatic N) is 2. The van der Waals surface area contributed by atoms with Crippen LogP contribution in [0.5, 0.6) is 0 Å². The van der Waals surface area contributed by atoms with Crippen LogP contribution < -0.4 is 15.7 Å². The van der Waals surface area contributed by atoms with Crippen molar-refractivity contribution >= 4 is 72.9 Å². The van der Waals surface area contributed by atoms with Crippen LogP contribution in [0.4, 0.5) is 11.4 Å². The summed E-state index contributed by atoms with van der Waals surface area (Å²) in [5.41, 5.74) is 32.3.